The molecule has 2 atom stereocenters. The van der Waals surface area contributed by atoms with Crippen molar-refractivity contribution in [3.05, 3.63) is 51.7 Å². The van der Waals surface area contributed by atoms with Crippen molar-refractivity contribution in [2.75, 3.05) is 0 Å². The van der Waals surface area contributed by atoms with Crippen molar-refractivity contribution in [3.63, 3.8) is 0 Å². The molecule has 0 aliphatic rings. The minimum Gasteiger partial charge on any atom is -0.480 e. The Hall–Kier alpha value is -1.46. The standard InChI is InChI=1S/C15H17F2NOS/c1-3-12(18)15(14-7-4-9(2)20-14)19-13-6-5-10(16)8-11(13)17/h4-8,12,15H,3,18H2,1-2H3. The van der Waals surface area contributed by atoms with Crippen molar-refractivity contribution in [1.82, 2.24) is 0 Å². The van der Waals surface area contributed by atoms with Gasteiger partial charge in [0.2, 0.25) is 0 Å². The van der Waals surface area contributed by atoms with E-state index in [1.807, 2.05) is 26.0 Å². The van der Waals surface area contributed by atoms with Crippen LogP contribution in [0.3, 0.4) is 0 Å². The molecule has 0 radical (unpaired) electrons. The third kappa shape index (κ3) is 3.35. The van der Waals surface area contributed by atoms with Crippen LogP contribution in [0, 0.1) is 18.6 Å². The van der Waals surface area contributed by atoms with Crippen LogP contribution < -0.4 is 10.5 Å². The molecule has 1 aromatic heterocycles. The maximum Gasteiger partial charge on any atom is 0.168 e. The first-order chi connectivity index (χ1) is 9.51. The van der Waals surface area contributed by atoms with Crippen molar-refractivity contribution in [1.29, 1.82) is 0 Å². The first-order valence-electron chi connectivity index (χ1n) is 6.45. The van der Waals surface area contributed by atoms with Gasteiger partial charge in [0.15, 0.2) is 11.6 Å². The Morgan fingerprint density at radius 3 is 2.55 bits per heavy atom. The minimum atomic E-state index is -0.716. The third-order valence-corrected chi connectivity index (χ3v) is 4.11. The summed E-state index contributed by atoms with van der Waals surface area (Å²) in [6, 6.07) is 6.93. The van der Waals surface area contributed by atoms with Crippen LogP contribution in [-0.2, 0) is 0 Å². The molecule has 0 spiro atoms. The van der Waals surface area contributed by atoms with Crippen molar-refractivity contribution >= 4 is 11.3 Å². The molecule has 5 heteroatoms. The van der Waals surface area contributed by atoms with Crippen LogP contribution in [0.15, 0.2) is 30.3 Å². The van der Waals surface area contributed by atoms with E-state index in [0.717, 1.165) is 15.8 Å². The topological polar surface area (TPSA) is 35.2 Å². The Labute approximate surface area is 121 Å². The number of benzene rings is 1. The number of hydrogen-bond acceptors (Lipinski definition) is 3. The summed E-state index contributed by atoms with van der Waals surface area (Å²) in [5, 5.41) is 0. The molecule has 0 aliphatic carbocycles. The molecule has 0 saturated carbocycles. The molecule has 0 aliphatic heterocycles. The van der Waals surface area contributed by atoms with Gasteiger partial charge < -0.3 is 10.5 Å². The molecular weight excluding hydrogens is 280 g/mol. The molecule has 0 bridgehead atoms. The Bertz CT molecular complexity index is 585. The second-order valence-corrected chi connectivity index (χ2v) is 5.95. The number of halogens is 2. The molecular formula is C15H17F2NOS. The van der Waals surface area contributed by atoms with Gasteiger partial charge in [0, 0.05) is 21.9 Å². The zero-order valence-corrected chi connectivity index (χ0v) is 12.2. The molecule has 0 amide bonds. The smallest absolute Gasteiger partial charge is 0.168 e. The van der Waals surface area contributed by atoms with Crippen LogP contribution in [0.5, 0.6) is 5.75 Å². The fraction of sp³-hybridized carbons (Fsp3) is 0.333. The van der Waals surface area contributed by atoms with Gasteiger partial charge in [-0.25, -0.2) is 8.78 Å². The van der Waals surface area contributed by atoms with Crippen LogP contribution >= 0.6 is 11.3 Å². The molecule has 0 fully saturated rings. The molecule has 2 N–H and O–H groups in total. The number of hydrogen-bond donors (Lipinski definition) is 1. The lowest BCUT2D eigenvalue weighted by atomic mass is 10.1. The lowest BCUT2D eigenvalue weighted by molar-refractivity contribution is 0.167. The molecule has 1 aromatic carbocycles. The van der Waals surface area contributed by atoms with Gasteiger partial charge in [-0.3, -0.25) is 0 Å². The van der Waals surface area contributed by atoms with E-state index in [1.165, 1.54) is 12.1 Å². The molecule has 1 heterocycles. The van der Waals surface area contributed by atoms with E-state index in [4.69, 9.17) is 10.5 Å². The predicted molar refractivity (Wildman–Crippen MR) is 77.0 cm³/mol. The van der Waals surface area contributed by atoms with E-state index >= 15 is 0 Å². The highest BCUT2D eigenvalue weighted by atomic mass is 32.1. The van der Waals surface area contributed by atoms with E-state index < -0.39 is 17.7 Å². The highest BCUT2D eigenvalue weighted by Crippen LogP contribution is 2.31. The third-order valence-electron chi connectivity index (χ3n) is 3.05. The second-order valence-electron chi connectivity index (χ2n) is 4.63. The fourth-order valence-electron chi connectivity index (χ4n) is 1.88. The molecule has 108 valence electrons. The summed E-state index contributed by atoms with van der Waals surface area (Å²) in [7, 11) is 0. The lowest BCUT2D eigenvalue weighted by Gasteiger charge is -2.23. The Morgan fingerprint density at radius 1 is 1.25 bits per heavy atom. The summed E-state index contributed by atoms with van der Waals surface area (Å²) < 4.78 is 32.3. The first kappa shape index (κ1) is 14.9. The quantitative estimate of drug-likeness (QED) is 0.898. The van der Waals surface area contributed by atoms with Gasteiger partial charge in [0.1, 0.15) is 11.9 Å². The highest BCUT2D eigenvalue weighted by Gasteiger charge is 2.23. The van der Waals surface area contributed by atoms with E-state index in [0.29, 0.717) is 6.42 Å². The van der Waals surface area contributed by atoms with Gasteiger partial charge in [-0.05, 0) is 37.6 Å². The summed E-state index contributed by atoms with van der Waals surface area (Å²) in [5.41, 5.74) is 6.07. The number of ether oxygens (including phenoxy) is 1. The summed E-state index contributed by atoms with van der Waals surface area (Å²) in [6.45, 7) is 3.93. The number of thiophene rings is 1. The van der Waals surface area contributed by atoms with E-state index in [9.17, 15) is 8.78 Å². The van der Waals surface area contributed by atoms with Gasteiger partial charge in [-0.1, -0.05) is 6.92 Å². The van der Waals surface area contributed by atoms with Gasteiger partial charge in [0.25, 0.3) is 0 Å². The van der Waals surface area contributed by atoms with Crippen LogP contribution in [0.4, 0.5) is 8.78 Å². The average Bonchev–Trinajstić information content (AvgIpc) is 2.83. The summed E-state index contributed by atoms with van der Waals surface area (Å²) in [6.07, 6.45) is 0.267. The Kier molecular flexibility index (Phi) is 4.73. The van der Waals surface area contributed by atoms with Gasteiger partial charge >= 0.3 is 0 Å². The first-order valence-corrected chi connectivity index (χ1v) is 7.26. The highest BCUT2D eigenvalue weighted by molar-refractivity contribution is 7.12. The molecule has 0 saturated heterocycles. The van der Waals surface area contributed by atoms with Gasteiger partial charge in [-0.15, -0.1) is 11.3 Å². The maximum absolute atomic E-state index is 13.7. The molecule has 20 heavy (non-hydrogen) atoms. The van der Waals surface area contributed by atoms with Crippen molar-refractivity contribution in [3.8, 4) is 5.75 Å². The number of aryl methyl sites for hydroxylation is 1. The van der Waals surface area contributed by atoms with Crippen molar-refractivity contribution < 1.29 is 13.5 Å². The van der Waals surface area contributed by atoms with Crippen LogP contribution in [0.2, 0.25) is 0 Å². The van der Waals surface area contributed by atoms with E-state index in [-0.39, 0.29) is 11.8 Å². The molecule has 2 nitrogen and oxygen atoms in total. The average molecular weight is 297 g/mol. The summed E-state index contributed by atoms with van der Waals surface area (Å²) in [5.74, 6) is -1.32. The van der Waals surface area contributed by atoms with Crippen molar-refractivity contribution in [2.24, 2.45) is 5.73 Å². The van der Waals surface area contributed by atoms with Gasteiger partial charge in [-0.2, -0.15) is 0 Å². The SMILES string of the molecule is CCC(N)C(Oc1ccc(F)cc1F)c1ccc(C)s1. The van der Waals surface area contributed by atoms with Crippen LogP contribution in [0.25, 0.3) is 0 Å². The predicted octanol–water partition coefficient (Wildman–Crippen LogP) is 4.19. The van der Waals surface area contributed by atoms with Crippen LogP contribution in [-0.4, -0.2) is 6.04 Å². The normalized spacial score (nSPS) is 14.1. The van der Waals surface area contributed by atoms with Crippen LogP contribution in [0.1, 0.15) is 29.2 Å². The summed E-state index contributed by atoms with van der Waals surface area (Å²) >= 11 is 1.57. The minimum absolute atomic E-state index is 0.0198. The van der Waals surface area contributed by atoms with Gasteiger partial charge in [0.05, 0.1) is 0 Å². The molecule has 2 aromatic rings. The zero-order valence-electron chi connectivity index (χ0n) is 11.4. The Balaban J connectivity index is 2.28. The van der Waals surface area contributed by atoms with E-state index in [2.05, 4.69) is 0 Å². The van der Waals surface area contributed by atoms with E-state index in [1.54, 1.807) is 11.3 Å². The second kappa shape index (κ2) is 6.33. The number of rotatable bonds is 5. The maximum atomic E-state index is 13.7. The zero-order chi connectivity index (χ0) is 14.7. The largest absolute Gasteiger partial charge is 0.480 e. The monoisotopic (exact) mass is 297 g/mol. The molecule has 2 rings (SSSR count). The fourth-order valence-corrected chi connectivity index (χ4v) is 2.87. The Morgan fingerprint density at radius 2 is 2.00 bits per heavy atom. The lowest BCUT2D eigenvalue weighted by Crippen LogP contribution is -2.31. The molecule has 2 unspecified atom stereocenters. The van der Waals surface area contributed by atoms with Crippen molar-refractivity contribution in [2.45, 2.75) is 32.4 Å². The number of nitrogens with two attached hydrogens (primary N) is 1. The summed E-state index contributed by atoms with van der Waals surface area (Å²) in [4.78, 5) is 2.08.